The topological polar surface area (TPSA) is 50.4 Å². The summed E-state index contributed by atoms with van der Waals surface area (Å²) in [5.74, 6) is 1.52. The minimum absolute atomic E-state index is 0.00812. The number of carbonyl (C=O) groups is 1. The Morgan fingerprint density at radius 1 is 1.05 bits per heavy atom. The minimum Gasteiger partial charge on any atom is -0.457 e. The molecule has 0 aliphatic carbocycles. The number of nitrogens with one attached hydrogen (secondary N) is 2. The summed E-state index contributed by atoms with van der Waals surface area (Å²) < 4.78 is 5.75. The smallest absolute Gasteiger partial charge is 0.239 e. The van der Waals surface area contributed by atoms with E-state index in [0.29, 0.717) is 6.54 Å². The van der Waals surface area contributed by atoms with Crippen LogP contribution in [0.15, 0.2) is 54.6 Å². The Hall–Kier alpha value is -2.49. The van der Waals surface area contributed by atoms with Gasteiger partial charge in [-0.2, -0.15) is 0 Å². The maximum absolute atomic E-state index is 11.5. The van der Waals surface area contributed by atoms with Gasteiger partial charge >= 0.3 is 0 Å². The van der Waals surface area contributed by atoms with Crippen molar-refractivity contribution in [2.45, 2.75) is 13.3 Å². The van der Waals surface area contributed by atoms with Crippen LogP contribution >= 0.6 is 0 Å². The average Bonchev–Trinajstić information content (AvgIpc) is 2.52. The summed E-state index contributed by atoms with van der Waals surface area (Å²) in [5.41, 5.74) is 0.857. The first kappa shape index (κ1) is 14.9. The van der Waals surface area contributed by atoms with Gasteiger partial charge in [0.15, 0.2) is 0 Å². The van der Waals surface area contributed by atoms with Gasteiger partial charge in [0.1, 0.15) is 11.5 Å². The quantitative estimate of drug-likeness (QED) is 0.819. The van der Waals surface area contributed by atoms with Crippen LogP contribution in [0.5, 0.6) is 11.5 Å². The van der Waals surface area contributed by atoms with Crippen molar-refractivity contribution in [2.24, 2.45) is 0 Å². The highest BCUT2D eigenvalue weighted by atomic mass is 16.5. The van der Waals surface area contributed by atoms with Gasteiger partial charge in [-0.1, -0.05) is 31.2 Å². The molecular weight excluding hydrogens is 264 g/mol. The molecule has 21 heavy (non-hydrogen) atoms. The number of benzene rings is 2. The van der Waals surface area contributed by atoms with Crippen molar-refractivity contribution in [3.8, 4) is 11.5 Å². The number of carbonyl (C=O) groups excluding carboxylic acids is 1. The van der Waals surface area contributed by atoms with E-state index in [0.717, 1.165) is 23.6 Å². The number of hydrogen-bond acceptors (Lipinski definition) is 3. The molecule has 2 rings (SSSR count). The lowest BCUT2D eigenvalue weighted by Gasteiger charge is -2.09. The third-order valence-electron chi connectivity index (χ3n) is 2.84. The van der Waals surface area contributed by atoms with E-state index in [2.05, 4.69) is 10.6 Å². The van der Waals surface area contributed by atoms with Crippen LogP contribution in [0.25, 0.3) is 0 Å². The molecule has 0 fully saturated rings. The number of ether oxygens (including phenoxy) is 1. The fourth-order valence-corrected chi connectivity index (χ4v) is 1.80. The van der Waals surface area contributed by atoms with Crippen molar-refractivity contribution in [1.82, 2.24) is 5.32 Å². The van der Waals surface area contributed by atoms with Crippen molar-refractivity contribution < 1.29 is 9.53 Å². The first-order valence-corrected chi connectivity index (χ1v) is 7.11. The second kappa shape index (κ2) is 7.94. The molecule has 0 aliphatic heterocycles. The van der Waals surface area contributed by atoms with Gasteiger partial charge in [-0.25, -0.2) is 0 Å². The molecule has 0 atom stereocenters. The Labute approximate surface area is 125 Å². The summed E-state index contributed by atoms with van der Waals surface area (Å²) in [5, 5.41) is 5.91. The maximum Gasteiger partial charge on any atom is 0.239 e. The van der Waals surface area contributed by atoms with E-state index < -0.39 is 0 Å². The van der Waals surface area contributed by atoms with E-state index in [4.69, 9.17) is 4.74 Å². The molecule has 2 N–H and O–H groups in total. The van der Waals surface area contributed by atoms with E-state index in [9.17, 15) is 4.79 Å². The lowest BCUT2D eigenvalue weighted by atomic mass is 10.3. The van der Waals surface area contributed by atoms with Gasteiger partial charge in [0.05, 0.1) is 6.54 Å². The van der Waals surface area contributed by atoms with Crippen molar-refractivity contribution >= 4 is 11.6 Å². The molecule has 0 aromatic heterocycles. The van der Waals surface area contributed by atoms with E-state index in [1.165, 1.54) is 0 Å². The van der Waals surface area contributed by atoms with E-state index in [-0.39, 0.29) is 12.5 Å². The molecule has 4 nitrogen and oxygen atoms in total. The molecular formula is C17H20N2O2. The fourth-order valence-electron chi connectivity index (χ4n) is 1.80. The Balaban J connectivity index is 1.90. The molecule has 0 radical (unpaired) electrons. The molecule has 2 aromatic carbocycles. The summed E-state index contributed by atoms with van der Waals surface area (Å²) in [6, 6.07) is 17.2. The van der Waals surface area contributed by atoms with Crippen LogP contribution in [0.1, 0.15) is 13.3 Å². The minimum atomic E-state index is -0.00812. The van der Waals surface area contributed by atoms with Gasteiger partial charge in [-0.05, 0) is 30.7 Å². The summed E-state index contributed by atoms with van der Waals surface area (Å²) in [6.07, 6.45) is 0.937. The highest BCUT2D eigenvalue weighted by Crippen LogP contribution is 2.23. The van der Waals surface area contributed by atoms with Crippen molar-refractivity contribution in [1.29, 1.82) is 0 Å². The maximum atomic E-state index is 11.5. The average molecular weight is 284 g/mol. The molecule has 4 heteroatoms. The van der Waals surface area contributed by atoms with Crippen LogP contribution in [-0.2, 0) is 4.79 Å². The number of hydrogen-bond donors (Lipinski definition) is 2. The lowest BCUT2D eigenvalue weighted by molar-refractivity contribution is -0.119. The third-order valence-corrected chi connectivity index (χ3v) is 2.84. The Morgan fingerprint density at radius 3 is 2.57 bits per heavy atom. The highest BCUT2D eigenvalue weighted by molar-refractivity contribution is 5.80. The Kier molecular flexibility index (Phi) is 5.64. The first-order valence-electron chi connectivity index (χ1n) is 7.11. The number of para-hydroxylation sites is 1. The molecule has 0 bridgehead atoms. The number of rotatable bonds is 7. The zero-order valence-corrected chi connectivity index (χ0v) is 12.1. The van der Waals surface area contributed by atoms with Gasteiger partial charge in [0.25, 0.3) is 0 Å². The van der Waals surface area contributed by atoms with Gasteiger partial charge in [-0.15, -0.1) is 0 Å². The zero-order chi connectivity index (χ0) is 14.9. The van der Waals surface area contributed by atoms with Crippen molar-refractivity contribution in [3.63, 3.8) is 0 Å². The Bertz CT molecular complexity index is 570. The van der Waals surface area contributed by atoms with Crippen LogP contribution < -0.4 is 15.4 Å². The van der Waals surface area contributed by atoms with Crippen LogP contribution in [0.2, 0.25) is 0 Å². The van der Waals surface area contributed by atoms with Crippen molar-refractivity contribution in [2.75, 3.05) is 18.4 Å². The summed E-state index contributed by atoms with van der Waals surface area (Å²) in [4.78, 5) is 11.5. The molecule has 0 aliphatic rings. The van der Waals surface area contributed by atoms with Crippen LogP contribution in [0, 0.1) is 0 Å². The van der Waals surface area contributed by atoms with Crippen molar-refractivity contribution in [3.05, 3.63) is 54.6 Å². The fraction of sp³-hybridized carbons (Fsp3) is 0.235. The standard InChI is InChI=1S/C17H20N2O2/c1-2-11-18-17(20)13-19-14-7-6-10-16(12-14)21-15-8-4-3-5-9-15/h3-10,12,19H,2,11,13H2,1H3,(H,18,20). The van der Waals surface area contributed by atoms with E-state index >= 15 is 0 Å². The van der Waals surface area contributed by atoms with Crippen LogP contribution in [0.4, 0.5) is 5.69 Å². The highest BCUT2D eigenvalue weighted by Gasteiger charge is 2.02. The Morgan fingerprint density at radius 2 is 1.81 bits per heavy atom. The third kappa shape index (κ3) is 5.18. The van der Waals surface area contributed by atoms with Gasteiger partial charge < -0.3 is 15.4 Å². The summed E-state index contributed by atoms with van der Waals surface area (Å²) >= 11 is 0. The SMILES string of the molecule is CCCNC(=O)CNc1cccc(Oc2ccccc2)c1. The van der Waals surface area contributed by atoms with Crippen LogP contribution in [0.3, 0.4) is 0 Å². The van der Waals surface area contributed by atoms with E-state index in [1.807, 2.05) is 61.5 Å². The molecule has 1 amide bonds. The second-order valence-electron chi connectivity index (χ2n) is 4.65. The lowest BCUT2D eigenvalue weighted by Crippen LogP contribution is -2.30. The number of anilines is 1. The van der Waals surface area contributed by atoms with Gasteiger partial charge in [0, 0.05) is 18.3 Å². The predicted octanol–water partition coefficient (Wildman–Crippen LogP) is 3.42. The molecule has 0 unspecified atom stereocenters. The molecule has 0 saturated heterocycles. The zero-order valence-electron chi connectivity index (χ0n) is 12.1. The first-order chi connectivity index (χ1) is 10.3. The predicted molar refractivity (Wildman–Crippen MR) is 84.7 cm³/mol. The van der Waals surface area contributed by atoms with E-state index in [1.54, 1.807) is 0 Å². The molecule has 0 saturated carbocycles. The number of amides is 1. The molecule has 2 aromatic rings. The summed E-state index contributed by atoms with van der Waals surface area (Å²) in [6.45, 7) is 2.99. The van der Waals surface area contributed by atoms with Gasteiger partial charge in [-0.3, -0.25) is 4.79 Å². The molecule has 110 valence electrons. The molecule has 0 spiro atoms. The normalized spacial score (nSPS) is 9.95. The summed E-state index contributed by atoms with van der Waals surface area (Å²) in [7, 11) is 0. The van der Waals surface area contributed by atoms with Crippen LogP contribution in [-0.4, -0.2) is 19.0 Å². The van der Waals surface area contributed by atoms with Gasteiger partial charge in [0.2, 0.25) is 5.91 Å². The molecule has 0 heterocycles. The monoisotopic (exact) mass is 284 g/mol. The second-order valence-corrected chi connectivity index (χ2v) is 4.65. The largest absolute Gasteiger partial charge is 0.457 e.